The van der Waals surface area contributed by atoms with Crippen LogP contribution in [0.1, 0.15) is 24.4 Å². The van der Waals surface area contributed by atoms with Gasteiger partial charge in [-0.05, 0) is 30.5 Å². The highest BCUT2D eigenvalue weighted by molar-refractivity contribution is 7.91. The summed E-state index contributed by atoms with van der Waals surface area (Å²) in [6, 6.07) is 5.79. The van der Waals surface area contributed by atoms with Crippen molar-refractivity contribution in [3.8, 4) is 0 Å². The Bertz CT molecular complexity index is 770. The number of aromatic nitrogens is 2. The summed E-state index contributed by atoms with van der Waals surface area (Å²) in [7, 11) is -3.62. The number of sulfonamides is 1. The van der Waals surface area contributed by atoms with Gasteiger partial charge >= 0.3 is 0 Å². The number of halogens is 1. The second kappa shape index (κ2) is 6.67. The van der Waals surface area contributed by atoms with Crippen LogP contribution in [-0.2, 0) is 20.5 Å². The minimum Gasteiger partial charge on any atom is -0.381 e. The van der Waals surface area contributed by atoms with Gasteiger partial charge in [0.1, 0.15) is 5.82 Å². The van der Waals surface area contributed by atoms with Gasteiger partial charge in [0.15, 0.2) is 0 Å². The molecule has 0 bridgehead atoms. The van der Waals surface area contributed by atoms with Gasteiger partial charge in [0, 0.05) is 19.4 Å². The lowest BCUT2D eigenvalue weighted by molar-refractivity contribution is 0.0662. The molecule has 6 nitrogen and oxygen atoms in total. The van der Waals surface area contributed by atoms with Crippen molar-refractivity contribution in [2.24, 2.45) is 0 Å². The molecule has 8 heteroatoms. The Labute approximate surface area is 134 Å². The zero-order valence-corrected chi connectivity index (χ0v) is 13.3. The van der Waals surface area contributed by atoms with E-state index < -0.39 is 15.8 Å². The molecule has 0 radical (unpaired) electrons. The molecule has 124 valence electrons. The van der Waals surface area contributed by atoms with Gasteiger partial charge in [-0.25, -0.2) is 12.8 Å². The molecule has 0 aliphatic carbocycles. The molecule has 2 aromatic rings. The number of hydrogen-bond donors (Lipinski definition) is 1. The van der Waals surface area contributed by atoms with E-state index in [9.17, 15) is 12.8 Å². The first kappa shape index (κ1) is 15.9. The van der Waals surface area contributed by atoms with E-state index in [1.807, 2.05) is 0 Å². The standard InChI is InChI=1S/C15H18FN3O3S/c16-13-3-1-2-12(8-13)11-23(20,21)18-14-9-17-19(10-14)15-4-6-22-7-5-15/h1-3,8-10,15,18H,4-7,11H2. The minimum absolute atomic E-state index is 0.227. The van der Waals surface area contributed by atoms with Gasteiger partial charge < -0.3 is 4.74 Å². The minimum atomic E-state index is -3.62. The van der Waals surface area contributed by atoms with E-state index in [1.165, 1.54) is 24.4 Å². The molecule has 1 saturated heterocycles. The second-order valence-electron chi connectivity index (χ2n) is 5.54. The van der Waals surface area contributed by atoms with Crippen LogP contribution in [0.3, 0.4) is 0 Å². The molecule has 0 atom stereocenters. The van der Waals surface area contributed by atoms with E-state index >= 15 is 0 Å². The molecule has 1 fully saturated rings. The van der Waals surface area contributed by atoms with Gasteiger partial charge in [-0.1, -0.05) is 12.1 Å². The van der Waals surface area contributed by atoms with Gasteiger partial charge in [0.25, 0.3) is 0 Å². The van der Waals surface area contributed by atoms with Crippen LogP contribution < -0.4 is 4.72 Å². The second-order valence-corrected chi connectivity index (χ2v) is 7.27. The maximum absolute atomic E-state index is 13.1. The van der Waals surface area contributed by atoms with Crippen molar-refractivity contribution < 1.29 is 17.5 Å². The van der Waals surface area contributed by atoms with Crippen LogP contribution in [0, 0.1) is 5.82 Å². The Balaban J connectivity index is 1.67. The monoisotopic (exact) mass is 339 g/mol. The fraction of sp³-hybridized carbons (Fsp3) is 0.400. The Morgan fingerprint density at radius 1 is 1.35 bits per heavy atom. The lowest BCUT2D eigenvalue weighted by Gasteiger charge is -2.22. The van der Waals surface area contributed by atoms with Crippen molar-refractivity contribution in [1.82, 2.24) is 9.78 Å². The first-order valence-electron chi connectivity index (χ1n) is 7.39. The Kier molecular flexibility index (Phi) is 4.63. The Morgan fingerprint density at radius 3 is 2.87 bits per heavy atom. The molecule has 0 amide bonds. The van der Waals surface area contributed by atoms with E-state index in [-0.39, 0.29) is 11.8 Å². The number of anilines is 1. The van der Waals surface area contributed by atoms with Crippen molar-refractivity contribution in [3.05, 3.63) is 48.0 Å². The molecule has 1 aliphatic rings. The molecular formula is C15H18FN3O3S. The average molecular weight is 339 g/mol. The number of hydrogen-bond acceptors (Lipinski definition) is 4. The predicted molar refractivity (Wildman–Crippen MR) is 84.0 cm³/mol. The SMILES string of the molecule is O=S(=O)(Cc1cccc(F)c1)Nc1cnn(C2CCOCC2)c1. The summed E-state index contributed by atoms with van der Waals surface area (Å²) >= 11 is 0. The number of nitrogens with one attached hydrogen (secondary N) is 1. The third kappa shape index (κ3) is 4.29. The topological polar surface area (TPSA) is 73.2 Å². The summed E-state index contributed by atoms with van der Waals surface area (Å²) in [4.78, 5) is 0. The normalized spacial score (nSPS) is 16.4. The van der Waals surface area contributed by atoms with E-state index in [2.05, 4.69) is 9.82 Å². The van der Waals surface area contributed by atoms with Crippen molar-refractivity contribution in [2.45, 2.75) is 24.6 Å². The van der Waals surface area contributed by atoms with Gasteiger partial charge in [-0.15, -0.1) is 0 Å². The molecule has 1 aliphatic heterocycles. The molecule has 0 unspecified atom stereocenters. The molecule has 23 heavy (non-hydrogen) atoms. The summed E-state index contributed by atoms with van der Waals surface area (Å²) in [5.74, 6) is -0.738. The smallest absolute Gasteiger partial charge is 0.237 e. The van der Waals surface area contributed by atoms with E-state index in [1.54, 1.807) is 16.9 Å². The van der Waals surface area contributed by atoms with Crippen LogP contribution >= 0.6 is 0 Å². The number of nitrogens with zero attached hydrogens (tertiary/aromatic N) is 2. The van der Waals surface area contributed by atoms with Gasteiger partial charge in [0.2, 0.25) is 10.0 Å². The van der Waals surface area contributed by atoms with Crippen LogP contribution in [0.5, 0.6) is 0 Å². The summed E-state index contributed by atoms with van der Waals surface area (Å²) in [5, 5.41) is 4.22. The van der Waals surface area contributed by atoms with Crippen LogP contribution in [0.15, 0.2) is 36.7 Å². The zero-order chi connectivity index (χ0) is 16.3. The van der Waals surface area contributed by atoms with Crippen molar-refractivity contribution in [1.29, 1.82) is 0 Å². The number of ether oxygens (including phenoxy) is 1. The number of benzene rings is 1. The van der Waals surface area contributed by atoms with E-state index in [4.69, 9.17) is 4.74 Å². The third-order valence-corrected chi connectivity index (χ3v) is 4.95. The lowest BCUT2D eigenvalue weighted by atomic mass is 10.1. The highest BCUT2D eigenvalue weighted by atomic mass is 32.2. The third-order valence-electron chi connectivity index (χ3n) is 3.69. The van der Waals surface area contributed by atoms with Crippen LogP contribution in [0.25, 0.3) is 0 Å². The van der Waals surface area contributed by atoms with Crippen LogP contribution in [-0.4, -0.2) is 31.4 Å². The number of rotatable bonds is 5. The van der Waals surface area contributed by atoms with Crippen molar-refractivity contribution in [3.63, 3.8) is 0 Å². The first-order valence-corrected chi connectivity index (χ1v) is 9.04. The maximum Gasteiger partial charge on any atom is 0.237 e. The largest absolute Gasteiger partial charge is 0.381 e. The zero-order valence-electron chi connectivity index (χ0n) is 12.5. The van der Waals surface area contributed by atoms with Crippen LogP contribution in [0.4, 0.5) is 10.1 Å². The Morgan fingerprint density at radius 2 is 2.13 bits per heavy atom. The maximum atomic E-state index is 13.1. The molecule has 1 aromatic heterocycles. The molecule has 0 saturated carbocycles. The summed E-state index contributed by atoms with van der Waals surface area (Å²) in [6.45, 7) is 1.37. The fourth-order valence-electron chi connectivity index (χ4n) is 2.60. The molecule has 1 N–H and O–H groups in total. The van der Waals surface area contributed by atoms with Gasteiger partial charge in [-0.2, -0.15) is 5.10 Å². The average Bonchev–Trinajstić information content (AvgIpc) is 2.95. The lowest BCUT2D eigenvalue weighted by Crippen LogP contribution is -2.20. The highest BCUT2D eigenvalue weighted by Gasteiger charge is 2.18. The van der Waals surface area contributed by atoms with Gasteiger partial charge in [0.05, 0.1) is 23.7 Å². The van der Waals surface area contributed by atoms with Gasteiger partial charge in [-0.3, -0.25) is 9.40 Å². The summed E-state index contributed by atoms with van der Waals surface area (Å²) in [5.41, 5.74) is 0.808. The van der Waals surface area contributed by atoms with Crippen molar-refractivity contribution in [2.75, 3.05) is 17.9 Å². The summed E-state index contributed by atoms with van der Waals surface area (Å²) in [6.07, 6.45) is 4.88. The summed E-state index contributed by atoms with van der Waals surface area (Å²) < 4.78 is 47.0. The molecule has 1 aromatic carbocycles. The van der Waals surface area contributed by atoms with E-state index in [0.29, 0.717) is 24.5 Å². The fourth-order valence-corrected chi connectivity index (χ4v) is 3.76. The van der Waals surface area contributed by atoms with E-state index in [0.717, 1.165) is 12.8 Å². The predicted octanol–water partition coefficient (Wildman–Crippen LogP) is 2.32. The molecule has 3 rings (SSSR count). The molecular weight excluding hydrogens is 321 g/mol. The first-order chi connectivity index (χ1) is 11.0. The molecule has 2 heterocycles. The molecule has 0 spiro atoms. The quantitative estimate of drug-likeness (QED) is 0.907. The van der Waals surface area contributed by atoms with Crippen molar-refractivity contribution >= 4 is 15.7 Å². The Hall–Kier alpha value is -1.93. The highest BCUT2D eigenvalue weighted by Crippen LogP contribution is 2.22. The van der Waals surface area contributed by atoms with Crippen LogP contribution in [0.2, 0.25) is 0 Å².